The molecule has 0 aromatic heterocycles. The predicted octanol–water partition coefficient (Wildman–Crippen LogP) is 2.61. The molecule has 5 heteroatoms. The summed E-state index contributed by atoms with van der Waals surface area (Å²) in [7, 11) is 1.57. The molecule has 0 bridgehead atoms. The van der Waals surface area contributed by atoms with Crippen molar-refractivity contribution in [1.82, 2.24) is 5.32 Å². The fraction of sp³-hybridized carbons (Fsp3) is 0.938. The molecule has 0 aromatic rings. The zero-order chi connectivity index (χ0) is 15.9. The van der Waals surface area contributed by atoms with Crippen LogP contribution >= 0.6 is 0 Å². The number of aliphatic hydroxyl groups excluding tert-OH is 1. The van der Waals surface area contributed by atoms with E-state index in [-0.39, 0.29) is 31.5 Å². The van der Waals surface area contributed by atoms with Crippen LogP contribution in [0.3, 0.4) is 0 Å². The van der Waals surface area contributed by atoms with Crippen molar-refractivity contribution in [2.24, 2.45) is 0 Å². The Labute approximate surface area is 129 Å². The first-order valence-electron chi connectivity index (χ1n) is 8.14. The van der Waals surface area contributed by atoms with Crippen LogP contribution in [0.1, 0.15) is 65.2 Å². The summed E-state index contributed by atoms with van der Waals surface area (Å²) in [4.78, 5) is 11.2. The van der Waals surface area contributed by atoms with Gasteiger partial charge < -0.3 is 19.9 Å². The Morgan fingerprint density at radius 2 is 1.76 bits per heavy atom. The van der Waals surface area contributed by atoms with Crippen LogP contribution in [0, 0.1) is 0 Å². The number of hydrogen-bond acceptors (Lipinski definition) is 4. The second kappa shape index (κ2) is 14.3. The number of aliphatic hydroxyl groups is 1. The lowest BCUT2D eigenvalue weighted by atomic mass is 10.0. The van der Waals surface area contributed by atoms with E-state index in [1.165, 1.54) is 39.0 Å². The summed E-state index contributed by atoms with van der Waals surface area (Å²) in [5.41, 5.74) is 0. The second-order valence-electron chi connectivity index (χ2n) is 5.51. The quantitative estimate of drug-likeness (QED) is 0.382. The number of hydrogen-bond donors (Lipinski definition) is 2. The number of amides is 1. The zero-order valence-electron chi connectivity index (χ0n) is 13.9. The monoisotopic (exact) mass is 303 g/mol. The van der Waals surface area contributed by atoms with Crippen LogP contribution < -0.4 is 5.32 Å². The predicted molar refractivity (Wildman–Crippen MR) is 84.0 cm³/mol. The molecule has 0 aliphatic rings. The van der Waals surface area contributed by atoms with Gasteiger partial charge in [-0.25, -0.2) is 0 Å². The lowest BCUT2D eigenvalue weighted by Crippen LogP contribution is -2.46. The number of nitrogens with one attached hydrogen (secondary N) is 1. The van der Waals surface area contributed by atoms with Crippen LogP contribution in [0.4, 0.5) is 0 Å². The number of unbranched alkanes of at least 4 members (excludes halogenated alkanes) is 6. The molecule has 0 saturated carbocycles. The Balaban J connectivity index is 4.01. The van der Waals surface area contributed by atoms with Crippen molar-refractivity contribution in [3.05, 3.63) is 0 Å². The van der Waals surface area contributed by atoms with Gasteiger partial charge in [0.1, 0.15) is 6.79 Å². The van der Waals surface area contributed by atoms with E-state index in [0.717, 1.165) is 19.3 Å². The van der Waals surface area contributed by atoms with E-state index < -0.39 is 0 Å². The average Bonchev–Trinajstić information content (AvgIpc) is 2.47. The Morgan fingerprint density at radius 3 is 2.29 bits per heavy atom. The van der Waals surface area contributed by atoms with E-state index in [1.54, 1.807) is 7.11 Å². The second-order valence-corrected chi connectivity index (χ2v) is 5.51. The minimum atomic E-state index is -0.363. The highest BCUT2D eigenvalue weighted by Crippen LogP contribution is 2.13. The standard InChI is InChI=1S/C16H33NO4/c1-4-5-6-7-8-9-10-11-16(21-13-20-3)15(12-18)17-14(2)19/h15-16,18H,4-13H2,1-3H3,(H,17,19)/t15-,16+/m1/s1. The van der Waals surface area contributed by atoms with E-state index in [0.29, 0.717) is 0 Å². The van der Waals surface area contributed by atoms with E-state index in [4.69, 9.17) is 9.47 Å². The average molecular weight is 303 g/mol. The number of ether oxygens (including phenoxy) is 2. The molecule has 0 heterocycles. The largest absolute Gasteiger partial charge is 0.394 e. The van der Waals surface area contributed by atoms with Gasteiger partial charge in [-0.3, -0.25) is 4.79 Å². The molecule has 0 radical (unpaired) electrons. The highest BCUT2D eigenvalue weighted by molar-refractivity contribution is 5.73. The van der Waals surface area contributed by atoms with Gasteiger partial charge in [0.25, 0.3) is 0 Å². The van der Waals surface area contributed by atoms with Crippen molar-refractivity contribution in [3.63, 3.8) is 0 Å². The van der Waals surface area contributed by atoms with E-state index in [1.807, 2.05) is 0 Å². The maximum absolute atomic E-state index is 11.2. The molecule has 0 unspecified atom stereocenters. The number of carbonyl (C=O) groups is 1. The molecule has 0 spiro atoms. The van der Waals surface area contributed by atoms with Gasteiger partial charge >= 0.3 is 0 Å². The first-order valence-corrected chi connectivity index (χ1v) is 8.14. The molecule has 1 amide bonds. The minimum Gasteiger partial charge on any atom is -0.394 e. The maximum Gasteiger partial charge on any atom is 0.217 e. The van der Waals surface area contributed by atoms with Crippen molar-refractivity contribution in [3.8, 4) is 0 Å². The summed E-state index contributed by atoms with van der Waals surface area (Å²) in [6.07, 6.45) is 9.23. The van der Waals surface area contributed by atoms with Crippen molar-refractivity contribution >= 4 is 5.91 Å². The van der Waals surface area contributed by atoms with Crippen LogP contribution in [0.2, 0.25) is 0 Å². The van der Waals surface area contributed by atoms with Gasteiger partial charge in [-0.05, 0) is 6.42 Å². The summed E-state index contributed by atoms with van der Waals surface area (Å²) in [6, 6.07) is -0.363. The Hall–Kier alpha value is -0.650. The molecule has 0 aromatic carbocycles. The van der Waals surface area contributed by atoms with Crippen molar-refractivity contribution in [2.75, 3.05) is 20.5 Å². The molecule has 0 aliphatic carbocycles. The zero-order valence-corrected chi connectivity index (χ0v) is 13.9. The molecule has 0 aliphatic heterocycles. The van der Waals surface area contributed by atoms with Gasteiger partial charge in [-0.15, -0.1) is 0 Å². The summed E-state index contributed by atoms with van der Waals surface area (Å²) in [6.45, 7) is 3.72. The summed E-state index contributed by atoms with van der Waals surface area (Å²) in [5.74, 6) is -0.153. The molecule has 2 N–H and O–H groups in total. The van der Waals surface area contributed by atoms with Crippen molar-refractivity contribution in [1.29, 1.82) is 0 Å². The third-order valence-corrected chi connectivity index (χ3v) is 3.53. The van der Waals surface area contributed by atoms with Crippen molar-refractivity contribution < 1.29 is 19.4 Å². The molecule has 126 valence electrons. The summed E-state index contributed by atoms with van der Waals surface area (Å²) in [5, 5.41) is 12.1. The van der Waals surface area contributed by atoms with Gasteiger partial charge in [0.05, 0.1) is 18.8 Å². The smallest absolute Gasteiger partial charge is 0.217 e. The molecule has 0 fully saturated rings. The van der Waals surface area contributed by atoms with Gasteiger partial charge in [0.2, 0.25) is 5.91 Å². The fourth-order valence-electron chi connectivity index (χ4n) is 2.38. The van der Waals surface area contributed by atoms with Crippen LogP contribution in [0.15, 0.2) is 0 Å². The lowest BCUT2D eigenvalue weighted by Gasteiger charge is -2.26. The molecular weight excluding hydrogens is 270 g/mol. The Kier molecular flexibility index (Phi) is 13.9. The molecule has 0 saturated heterocycles. The summed E-state index contributed by atoms with van der Waals surface area (Å²) < 4.78 is 10.5. The first-order chi connectivity index (χ1) is 10.2. The van der Waals surface area contributed by atoms with Gasteiger partial charge in [0.15, 0.2) is 0 Å². The third kappa shape index (κ3) is 11.7. The highest BCUT2D eigenvalue weighted by atomic mass is 16.7. The Bertz CT molecular complexity index is 248. The first kappa shape index (κ1) is 20.3. The number of rotatable bonds is 14. The Morgan fingerprint density at radius 1 is 1.14 bits per heavy atom. The molecule has 2 atom stereocenters. The number of methoxy groups -OCH3 is 1. The lowest BCUT2D eigenvalue weighted by molar-refractivity contribution is -0.125. The van der Waals surface area contributed by atoms with Crippen molar-refractivity contribution in [2.45, 2.75) is 77.4 Å². The van der Waals surface area contributed by atoms with E-state index in [9.17, 15) is 9.90 Å². The SMILES string of the molecule is CCCCCCCCC[C@H](OCOC)[C@@H](CO)NC(C)=O. The molecule has 0 rings (SSSR count). The van der Waals surface area contributed by atoms with Crippen LogP contribution in [-0.4, -0.2) is 43.7 Å². The summed E-state index contributed by atoms with van der Waals surface area (Å²) >= 11 is 0. The fourth-order valence-corrected chi connectivity index (χ4v) is 2.38. The molecular formula is C16H33NO4. The van der Waals surface area contributed by atoms with Crippen LogP contribution in [0.25, 0.3) is 0 Å². The van der Waals surface area contributed by atoms with Gasteiger partial charge in [0, 0.05) is 14.0 Å². The minimum absolute atomic E-state index is 0.121. The maximum atomic E-state index is 11.2. The van der Waals surface area contributed by atoms with Crippen LogP contribution in [0.5, 0.6) is 0 Å². The third-order valence-electron chi connectivity index (χ3n) is 3.53. The topological polar surface area (TPSA) is 67.8 Å². The number of carbonyl (C=O) groups excluding carboxylic acids is 1. The highest BCUT2D eigenvalue weighted by Gasteiger charge is 2.22. The normalized spacial score (nSPS) is 13.9. The molecule has 5 nitrogen and oxygen atoms in total. The van der Waals surface area contributed by atoms with E-state index in [2.05, 4.69) is 12.2 Å². The van der Waals surface area contributed by atoms with Crippen LogP contribution in [-0.2, 0) is 14.3 Å². The van der Waals surface area contributed by atoms with Gasteiger partial charge in [-0.1, -0.05) is 51.9 Å². The van der Waals surface area contributed by atoms with Gasteiger partial charge in [-0.2, -0.15) is 0 Å². The molecule has 21 heavy (non-hydrogen) atoms. The van der Waals surface area contributed by atoms with E-state index >= 15 is 0 Å².